The standard InChI is InChI=1S/C15H8FN3O/c16-13-4-2-1-3-12(13)14-18-15(20-19-14)11-7-5-10(9-17)6-8-11/h1-8H. The van der Waals surface area contributed by atoms with E-state index in [1.54, 1.807) is 42.5 Å². The average Bonchev–Trinajstić information content (AvgIpc) is 2.97. The maximum absolute atomic E-state index is 13.6. The van der Waals surface area contributed by atoms with Crippen molar-refractivity contribution in [2.75, 3.05) is 0 Å². The van der Waals surface area contributed by atoms with Gasteiger partial charge in [-0.15, -0.1) is 0 Å². The second-order valence-corrected chi connectivity index (χ2v) is 4.09. The number of halogens is 1. The van der Waals surface area contributed by atoms with Crippen molar-refractivity contribution in [2.45, 2.75) is 0 Å². The molecule has 96 valence electrons. The molecule has 3 rings (SSSR count). The van der Waals surface area contributed by atoms with Gasteiger partial charge in [0, 0.05) is 5.56 Å². The van der Waals surface area contributed by atoms with Crippen LogP contribution >= 0.6 is 0 Å². The SMILES string of the molecule is N#Cc1ccc(-c2nc(-c3ccccc3F)no2)cc1. The molecule has 5 heteroatoms. The molecule has 0 aliphatic carbocycles. The fraction of sp³-hybridized carbons (Fsp3) is 0. The predicted molar refractivity (Wildman–Crippen MR) is 69.8 cm³/mol. The van der Waals surface area contributed by atoms with Crippen LogP contribution in [0.25, 0.3) is 22.8 Å². The highest BCUT2D eigenvalue weighted by Gasteiger charge is 2.13. The summed E-state index contributed by atoms with van der Waals surface area (Å²) in [6.07, 6.45) is 0. The van der Waals surface area contributed by atoms with Crippen molar-refractivity contribution in [2.24, 2.45) is 0 Å². The molecule has 1 aromatic heterocycles. The maximum atomic E-state index is 13.6. The fourth-order valence-corrected chi connectivity index (χ4v) is 1.78. The van der Waals surface area contributed by atoms with Crippen molar-refractivity contribution in [3.63, 3.8) is 0 Å². The summed E-state index contributed by atoms with van der Waals surface area (Å²) in [5, 5.41) is 12.5. The van der Waals surface area contributed by atoms with E-state index in [-0.39, 0.29) is 17.3 Å². The highest BCUT2D eigenvalue weighted by Crippen LogP contribution is 2.24. The van der Waals surface area contributed by atoms with Crippen LogP contribution in [0.1, 0.15) is 5.56 Å². The Morgan fingerprint density at radius 1 is 1.05 bits per heavy atom. The van der Waals surface area contributed by atoms with Gasteiger partial charge >= 0.3 is 0 Å². The van der Waals surface area contributed by atoms with Crippen LogP contribution in [0.15, 0.2) is 53.1 Å². The Hall–Kier alpha value is -3.00. The average molecular weight is 265 g/mol. The van der Waals surface area contributed by atoms with Gasteiger partial charge in [0.25, 0.3) is 5.89 Å². The normalized spacial score (nSPS) is 10.2. The Labute approximate surface area is 114 Å². The molecule has 0 saturated carbocycles. The lowest BCUT2D eigenvalue weighted by Gasteiger charge is -1.95. The van der Waals surface area contributed by atoms with Crippen molar-refractivity contribution in [1.82, 2.24) is 10.1 Å². The van der Waals surface area contributed by atoms with Gasteiger partial charge in [0.05, 0.1) is 17.2 Å². The van der Waals surface area contributed by atoms with Crippen LogP contribution in [0.4, 0.5) is 4.39 Å². The molecular weight excluding hydrogens is 257 g/mol. The van der Waals surface area contributed by atoms with Gasteiger partial charge in [0.2, 0.25) is 5.82 Å². The van der Waals surface area contributed by atoms with Gasteiger partial charge in [-0.2, -0.15) is 10.2 Å². The largest absolute Gasteiger partial charge is 0.334 e. The lowest BCUT2D eigenvalue weighted by atomic mass is 10.1. The molecule has 3 aromatic rings. The summed E-state index contributed by atoms with van der Waals surface area (Å²) in [4.78, 5) is 4.17. The molecule has 0 amide bonds. The molecule has 0 saturated heterocycles. The van der Waals surface area contributed by atoms with Crippen LogP contribution in [-0.2, 0) is 0 Å². The minimum atomic E-state index is -0.403. The first-order chi connectivity index (χ1) is 9.78. The van der Waals surface area contributed by atoms with Gasteiger partial charge in [-0.1, -0.05) is 17.3 Å². The minimum Gasteiger partial charge on any atom is -0.334 e. The fourth-order valence-electron chi connectivity index (χ4n) is 1.78. The van der Waals surface area contributed by atoms with Crippen molar-refractivity contribution in [3.8, 4) is 28.9 Å². The van der Waals surface area contributed by atoms with Crippen LogP contribution in [-0.4, -0.2) is 10.1 Å². The van der Waals surface area contributed by atoms with Gasteiger partial charge in [0.15, 0.2) is 0 Å². The summed E-state index contributed by atoms with van der Waals surface area (Å²) in [6.45, 7) is 0. The summed E-state index contributed by atoms with van der Waals surface area (Å²) in [5.74, 6) is 0.0786. The van der Waals surface area contributed by atoms with E-state index in [4.69, 9.17) is 9.78 Å². The quantitative estimate of drug-likeness (QED) is 0.712. The van der Waals surface area contributed by atoms with Crippen LogP contribution in [0.3, 0.4) is 0 Å². The van der Waals surface area contributed by atoms with E-state index >= 15 is 0 Å². The van der Waals surface area contributed by atoms with Crippen LogP contribution in [0.2, 0.25) is 0 Å². The molecule has 0 fully saturated rings. The zero-order valence-electron chi connectivity index (χ0n) is 10.2. The Bertz CT molecular complexity index is 787. The first-order valence-electron chi connectivity index (χ1n) is 5.87. The van der Waals surface area contributed by atoms with Gasteiger partial charge in [-0.25, -0.2) is 4.39 Å². The third-order valence-electron chi connectivity index (χ3n) is 2.80. The third kappa shape index (κ3) is 2.15. The molecule has 1 heterocycles. The number of hydrogen-bond donors (Lipinski definition) is 0. The van der Waals surface area contributed by atoms with Gasteiger partial charge < -0.3 is 4.52 Å². The summed E-state index contributed by atoms with van der Waals surface area (Å²) in [7, 11) is 0. The van der Waals surface area contributed by atoms with Gasteiger partial charge in [-0.05, 0) is 36.4 Å². The number of rotatable bonds is 2. The van der Waals surface area contributed by atoms with E-state index < -0.39 is 5.82 Å². The zero-order valence-corrected chi connectivity index (χ0v) is 10.2. The van der Waals surface area contributed by atoms with Crippen LogP contribution in [0.5, 0.6) is 0 Å². The van der Waals surface area contributed by atoms with Crippen LogP contribution in [0, 0.1) is 17.1 Å². The third-order valence-corrected chi connectivity index (χ3v) is 2.80. The second-order valence-electron chi connectivity index (χ2n) is 4.09. The van der Waals surface area contributed by atoms with Crippen molar-refractivity contribution >= 4 is 0 Å². The molecule has 0 unspecified atom stereocenters. The Kier molecular flexibility index (Phi) is 2.98. The van der Waals surface area contributed by atoms with E-state index in [9.17, 15) is 4.39 Å². The summed E-state index contributed by atoms with van der Waals surface area (Å²) in [6, 6.07) is 15.0. The van der Waals surface area contributed by atoms with Crippen molar-refractivity contribution < 1.29 is 8.91 Å². The van der Waals surface area contributed by atoms with E-state index in [0.29, 0.717) is 11.1 Å². The summed E-state index contributed by atoms with van der Waals surface area (Å²) in [5.41, 5.74) is 1.51. The summed E-state index contributed by atoms with van der Waals surface area (Å²) < 4.78 is 18.8. The number of nitriles is 1. The van der Waals surface area contributed by atoms with E-state index in [1.165, 1.54) is 6.07 Å². The second kappa shape index (κ2) is 4.94. The molecule has 4 nitrogen and oxygen atoms in total. The smallest absolute Gasteiger partial charge is 0.258 e. The van der Waals surface area contributed by atoms with E-state index in [1.807, 2.05) is 6.07 Å². The predicted octanol–water partition coefficient (Wildman–Crippen LogP) is 3.41. The zero-order chi connectivity index (χ0) is 13.9. The summed E-state index contributed by atoms with van der Waals surface area (Å²) >= 11 is 0. The molecule has 0 bridgehead atoms. The van der Waals surface area contributed by atoms with Crippen molar-refractivity contribution in [3.05, 3.63) is 59.9 Å². The Morgan fingerprint density at radius 3 is 2.50 bits per heavy atom. The monoisotopic (exact) mass is 265 g/mol. The molecule has 0 aliphatic heterocycles. The maximum Gasteiger partial charge on any atom is 0.258 e. The molecule has 2 aromatic carbocycles. The molecule has 0 aliphatic rings. The number of benzene rings is 2. The highest BCUT2D eigenvalue weighted by atomic mass is 19.1. The van der Waals surface area contributed by atoms with Gasteiger partial charge in [-0.3, -0.25) is 0 Å². The molecular formula is C15H8FN3O. The lowest BCUT2D eigenvalue weighted by Crippen LogP contribution is -1.85. The topological polar surface area (TPSA) is 62.7 Å². The Morgan fingerprint density at radius 2 is 1.80 bits per heavy atom. The molecule has 0 radical (unpaired) electrons. The first-order valence-corrected chi connectivity index (χ1v) is 5.87. The number of nitrogens with zero attached hydrogens (tertiary/aromatic N) is 3. The molecule has 0 atom stereocenters. The van der Waals surface area contributed by atoms with Crippen LogP contribution < -0.4 is 0 Å². The molecule has 0 N–H and O–H groups in total. The lowest BCUT2D eigenvalue weighted by molar-refractivity contribution is 0.432. The first kappa shape index (κ1) is 12.1. The molecule has 0 spiro atoms. The highest BCUT2D eigenvalue weighted by molar-refractivity contribution is 5.60. The number of aromatic nitrogens is 2. The Balaban J connectivity index is 1.98. The van der Waals surface area contributed by atoms with Crippen molar-refractivity contribution in [1.29, 1.82) is 5.26 Å². The molecule has 20 heavy (non-hydrogen) atoms. The van der Waals surface area contributed by atoms with E-state index in [0.717, 1.165) is 0 Å². The van der Waals surface area contributed by atoms with Gasteiger partial charge in [0.1, 0.15) is 5.82 Å². The minimum absolute atomic E-state index is 0.197. The van der Waals surface area contributed by atoms with E-state index in [2.05, 4.69) is 10.1 Å². The number of hydrogen-bond acceptors (Lipinski definition) is 4.